The van der Waals surface area contributed by atoms with Crippen LogP contribution < -0.4 is 4.90 Å². The van der Waals surface area contributed by atoms with E-state index in [1.807, 2.05) is 0 Å². The third-order valence-electron chi connectivity index (χ3n) is 8.19. The van der Waals surface area contributed by atoms with Crippen molar-refractivity contribution >= 4 is 25.8 Å². The van der Waals surface area contributed by atoms with E-state index in [1.54, 1.807) is 13.8 Å². The summed E-state index contributed by atoms with van der Waals surface area (Å²) in [6.45, 7) is 14.1. The van der Waals surface area contributed by atoms with E-state index in [0.717, 1.165) is 11.0 Å². The highest BCUT2D eigenvalue weighted by atomic mass is 28.4. The Kier molecular flexibility index (Phi) is 5.23. The van der Waals surface area contributed by atoms with Crippen LogP contribution in [-0.2, 0) is 24.9 Å². The smallest absolute Gasteiger partial charge is 0.411 e. The predicted molar refractivity (Wildman–Crippen MR) is 120 cm³/mol. The molecule has 5 atom stereocenters. The van der Waals surface area contributed by atoms with Crippen LogP contribution in [0.25, 0.3) is 0 Å². The molecule has 6 nitrogen and oxygen atoms in total. The summed E-state index contributed by atoms with van der Waals surface area (Å²) >= 11 is 0. The molecule has 3 heterocycles. The third kappa shape index (κ3) is 3.35. The molecule has 2 unspecified atom stereocenters. The number of hydrogen-bond donors (Lipinski definition) is 0. The van der Waals surface area contributed by atoms with Crippen molar-refractivity contribution in [3.63, 3.8) is 0 Å². The van der Waals surface area contributed by atoms with Crippen molar-refractivity contribution in [3.8, 4) is 6.07 Å². The molecule has 0 saturated carbocycles. The van der Waals surface area contributed by atoms with Crippen LogP contribution in [0.15, 0.2) is 18.2 Å². The fourth-order valence-electron chi connectivity index (χ4n) is 5.45. The summed E-state index contributed by atoms with van der Waals surface area (Å²) in [6.07, 6.45) is -4.79. The first-order valence-electron chi connectivity index (χ1n) is 11.2. The Morgan fingerprint density at radius 1 is 1.15 bits per heavy atom. The largest absolute Gasteiger partial charge is 0.417 e. The number of alkyl halides is 3. The molecule has 0 N–H and O–H groups in total. The molecule has 3 fully saturated rings. The lowest BCUT2D eigenvalue weighted by molar-refractivity contribution is -0.138. The molecule has 1 aromatic rings. The number of rotatable bonds is 3. The Balaban J connectivity index is 1.73. The summed E-state index contributed by atoms with van der Waals surface area (Å²) in [7, 11) is -2.24. The minimum Gasteiger partial charge on any atom is -0.411 e. The zero-order valence-corrected chi connectivity index (χ0v) is 21.3. The molecule has 3 saturated heterocycles. The summed E-state index contributed by atoms with van der Waals surface area (Å²) < 4.78 is 53.5. The van der Waals surface area contributed by atoms with Gasteiger partial charge in [-0.1, -0.05) is 20.8 Å². The van der Waals surface area contributed by atoms with Gasteiger partial charge in [-0.15, -0.1) is 0 Å². The lowest BCUT2D eigenvalue weighted by Gasteiger charge is -2.44. The number of halogens is 3. The van der Waals surface area contributed by atoms with Crippen LogP contribution in [0.2, 0.25) is 18.1 Å². The molecule has 0 radical (unpaired) electrons. The Hall–Kier alpha value is -2.22. The monoisotopic (exact) mass is 494 g/mol. The Labute approximate surface area is 198 Å². The molecule has 10 heteroatoms. The Bertz CT molecular complexity index is 1120. The highest BCUT2D eigenvalue weighted by molar-refractivity contribution is 6.74. The van der Waals surface area contributed by atoms with Gasteiger partial charge in [-0.3, -0.25) is 9.59 Å². The quantitative estimate of drug-likeness (QED) is 0.435. The van der Waals surface area contributed by atoms with Crippen molar-refractivity contribution in [1.82, 2.24) is 0 Å². The molecule has 2 amide bonds. The maximum absolute atomic E-state index is 13.6. The van der Waals surface area contributed by atoms with E-state index < -0.39 is 66.6 Å². The van der Waals surface area contributed by atoms with Gasteiger partial charge in [0.1, 0.15) is 5.60 Å². The molecule has 0 aromatic heterocycles. The number of hydrogen-bond acceptors (Lipinski definition) is 5. The number of nitrogens with zero attached hydrogens (tertiary/aromatic N) is 2. The predicted octanol–water partition coefficient (Wildman–Crippen LogP) is 5.02. The molecular formula is C24H29F3N2O4Si. The molecule has 0 aliphatic carbocycles. The summed E-state index contributed by atoms with van der Waals surface area (Å²) in [4.78, 5) is 27.9. The number of carbonyl (C=O) groups excluding carboxylic acids is 2. The molecule has 0 spiro atoms. The van der Waals surface area contributed by atoms with Gasteiger partial charge in [-0.05, 0) is 50.2 Å². The van der Waals surface area contributed by atoms with Gasteiger partial charge in [0, 0.05) is 6.42 Å². The number of imide groups is 1. The van der Waals surface area contributed by atoms with E-state index in [1.165, 1.54) is 12.1 Å². The van der Waals surface area contributed by atoms with Crippen molar-refractivity contribution in [2.24, 2.45) is 11.8 Å². The fourth-order valence-corrected chi connectivity index (χ4v) is 6.83. The van der Waals surface area contributed by atoms with Crippen LogP contribution in [0.5, 0.6) is 0 Å². The van der Waals surface area contributed by atoms with Gasteiger partial charge in [0.15, 0.2) is 8.32 Å². The number of benzene rings is 1. The zero-order valence-electron chi connectivity index (χ0n) is 20.3. The van der Waals surface area contributed by atoms with Crippen LogP contribution in [0.1, 0.15) is 52.2 Å². The Morgan fingerprint density at radius 2 is 1.74 bits per heavy atom. The van der Waals surface area contributed by atoms with Crippen molar-refractivity contribution in [3.05, 3.63) is 29.3 Å². The molecule has 4 rings (SSSR count). The van der Waals surface area contributed by atoms with Crippen molar-refractivity contribution in [2.45, 2.75) is 82.7 Å². The number of amides is 2. The number of ether oxygens (including phenoxy) is 1. The van der Waals surface area contributed by atoms with Crippen LogP contribution in [0.3, 0.4) is 0 Å². The highest BCUT2D eigenvalue weighted by Crippen LogP contribution is 2.62. The number of fused-ring (bicyclic) bond motifs is 5. The lowest BCUT2D eigenvalue weighted by Crippen LogP contribution is -2.55. The van der Waals surface area contributed by atoms with Crippen LogP contribution in [-0.4, -0.2) is 37.4 Å². The second-order valence-electron chi connectivity index (χ2n) is 11.5. The maximum atomic E-state index is 13.6. The third-order valence-corrected chi connectivity index (χ3v) is 12.7. The second-order valence-corrected chi connectivity index (χ2v) is 16.2. The van der Waals surface area contributed by atoms with Crippen molar-refractivity contribution in [2.75, 3.05) is 4.90 Å². The molecule has 3 aliphatic heterocycles. The van der Waals surface area contributed by atoms with Gasteiger partial charge in [0.05, 0.1) is 46.4 Å². The topological polar surface area (TPSA) is 79.6 Å². The van der Waals surface area contributed by atoms with Gasteiger partial charge in [0.25, 0.3) is 0 Å². The van der Waals surface area contributed by atoms with E-state index in [-0.39, 0.29) is 10.7 Å². The summed E-state index contributed by atoms with van der Waals surface area (Å²) in [5.74, 6) is -2.85. The number of carbonyl (C=O) groups is 2. The SMILES string of the molecule is CC12C[C@H](O[Si](C)(C)C(C)(C)C)C(C)(O1)[C@H]1C(=O)N(c3ccc(C#N)c(C(F)(F)F)c3)C(=O)[C@H]12. The van der Waals surface area contributed by atoms with Gasteiger partial charge < -0.3 is 9.16 Å². The van der Waals surface area contributed by atoms with Gasteiger partial charge in [-0.25, -0.2) is 4.90 Å². The van der Waals surface area contributed by atoms with E-state index in [9.17, 15) is 22.8 Å². The van der Waals surface area contributed by atoms with Crippen molar-refractivity contribution < 1.29 is 31.9 Å². The van der Waals surface area contributed by atoms with Crippen LogP contribution in [0, 0.1) is 23.2 Å². The first-order chi connectivity index (χ1) is 15.4. The molecular weight excluding hydrogens is 465 g/mol. The minimum atomic E-state index is -4.80. The lowest BCUT2D eigenvalue weighted by atomic mass is 9.67. The first kappa shape index (κ1) is 24.9. The standard InChI is InChI=1S/C24H29F3N2O4Si/c1-21(2,3)34(6,7)32-16-11-22(4)17-18(23(16,5)33-22)20(31)29(19(17)30)14-9-8-13(12-28)15(10-14)24(25,26)27/h8-10,16-18H,11H2,1-7H3/t16-,17-,18+,22?,23?/m0/s1. The number of anilines is 1. The average Bonchev–Trinajstić information content (AvgIpc) is 3.20. The fraction of sp³-hybridized carbons (Fsp3) is 0.625. The average molecular weight is 495 g/mol. The van der Waals surface area contributed by atoms with Gasteiger partial charge in [-0.2, -0.15) is 18.4 Å². The molecule has 184 valence electrons. The van der Waals surface area contributed by atoms with E-state index in [2.05, 4.69) is 33.9 Å². The molecule has 2 bridgehead atoms. The maximum Gasteiger partial charge on any atom is 0.417 e. The summed E-state index contributed by atoms with van der Waals surface area (Å²) in [6, 6.07) is 4.42. The first-order valence-corrected chi connectivity index (χ1v) is 14.2. The summed E-state index contributed by atoms with van der Waals surface area (Å²) in [5, 5.41) is 8.99. The summed E-state index contributed by atoms with van der Waals surface area (Å²) in [5.41, 5.74) is -3.98. The van der Waals surface area contributed by atoms with E-state index >= 15 is 0 Å². The molecule has 1 aromatic carbocycles. The number of nitriles is 1. The van der Waals surface area contributed by atoms with Gasteiger partial charge >= 0.3 is 6.18 Å². The zero-order chi connectivity index (χ0) is 25.6. The van der Waals surface area contributed by atoms with Gasteiger partial charge in [0.2, 0.25) is 11.8 Å². The normalized spacial score (nSPS) is 33.4. The molecule has 34 heavy (non-hydrogen) atoms. The Morgan fingerprint density at radius 3 is 2.26 bits per heavy atom. The second kappa shape index (κ2) is 7.15. The van der Waals surface area contributed by atoms with E-state index in [4.69, 9.17) is 14.4 Å². The highest BCUT2D eigenvalue weighted by Gasteiger charge is 2.76. The van der Waals surface area contributed by atoms with Crippen LogP contribution in [0.4, 0.5) is 18.9 Å². The molecule has 3 aliphatic rings. The van der Waals surface area contributed by atoms with E-state index in [0.29, 0.717) is 12.5 Å². The minimum absolute atomic E-state index is 0.0798. The van der Waals surface area contributed by atoms with Crippen LogP contribution >= 0.6 is 0 Å². The van der Waals surface area contributed by atoms with Crippen molar-refractivity contribution in [1.29, 1.82) is 5.26 Å².